The van der Waals surface area contributed by atoms with Crippen molar-refractivity contribution in [1.82, 2.24) is 0 Å². The van der Waals surface area contributed by atoms with E-state index in [-0.39, 0.29) is 17.7 Å². The molecule has 0 saturated heterocycles. The number of carbonyl (C=O) groups excluding carboxylic acids is 1. The summed E-state index contributed by atoms with van der Waals surface area (Å²) in [5.41, 5.74) is -29.8. The Labute approximate surface area is 434 Å². The molecule has 1 heterocycles. The van der Waals surface area contributed by atoms with Gasteiger partial charge in [-0.2, -0.15) is 132 Å². The van der Waals surface area contributed by atoms with Crippen LogP contribution in [0.25, 0.3) is 10.8 Å². The number of alkyl halides is 27. The van der Waals surface area contributed by atoms with E-state index in [1.165, 1.54) is 16.8 Å². The van der Waals surface area contributed by atoms with Crippen LogP contribution in [-0.4, -0.2) is 18.3 Å². The largest absolute Gasteiger partial charge is 0.577 e. The van der Waals surface area contributed by atoms with Crippen LogP contribution in [0.3, 0.4) is 0 Å². The topological polar surface area (TPSA) is 30.2 Å². The van der Waals surface area contributed by atoms with Gasteiger partial charge in [0.15, 0.2) is 6.20 Å². The average molecular weight is 1200 g/mol. The molecule has 1 aromatic heterocycles. The van der Waals surface area contributed by atoms with E-state index in [1.54, 1.807) is 54.6 Å². The van der Waals surface area contributed by atoms with Crippen molar-refractivity contribution in [2.45, 2.75) is 62.3 Å². The van der Waals surface area contributed by atoms with Crippen LogP contribution in [0, 0.1) is 0 Å². The second-order valence-electron chi connectivity index (χ2n) is 17.4. The minimum atomic E-state index is -6.13. The molecule has 0 atom stereocenters. The number of Topliss-reactive ketones (excluding diaryl/α,β-unsaturated/α-hetero) is 1. The first kappa shape index (κ1) is 62.6. The summed E-state index contributed by atoms with van der Waals surface area (Å²) in [6.07, 6.45) is -58.2. The van der Waals surface area contributed by atoms with E-state index in [2.05, 4.69) is 4.74 Å². The highest BCUT2D eigenvalue weighted by atomic mass is 19.4. The first-order valence-corrected chi connectivity index (χ1v) is 21.8. The lowest BCUT2D eigenvalue weighted by atomic mass is 9.12. The van der Waals surface area contributed by atoms with E-state index in [0.29, 0.717) is 10.9 Å². The molecule has 31 heteroatoms. The molecule has 7 aromatic rings. The maximum atomic E-state index is 14.2. The van der Waals surface area contributed by atoms with Crippen LogP contribution in [0.15, 0.2) is 140 Å². The number of halogens is 27. The smallest absolute Gasteiger partial charge is 0.350 e. The molecule has 0 spiro atoms. The molecule has 0 amide bonds. The second kappa shape index (κ2) is 21.4. The third-order valence-electron chi connectivity index (χ3n) is 11.9. The molecule has 0 unspecified atom stereocenters. The predicted octanol–water partition coefficient (Wildman–Crippen LogP) is 15.1. The maximum absolute atomic E-state index is 14.2. The van der Waals surface area contributed by atoms with E-state index in [0.717, 1.165) is 0 Å². The van der Waals surface area contributed by atoms with Gasteiger partial charge in [0.1, 0.15) is 6.15 Å². The van der Waals surface area contributed by atoms with Gasteiger partial charge in [0.25, 0.3) is 0 Å². The fourth-order valence-electron chi connectivity index (χ4n) is 8.52. The fraction of sp³-hybridized carbons (Fsp3) is 0.200. The molecule has 0 radical (unpaired) electrons. The third-order valence-corrected chi connectivity index (χ3v) is 11.9. The van der Waals surface area contributed by atoms with Gasteiger partial charge in [-0.15, -0.1) is 13.2 Å². The Morgan fingerprint density at radius 2 is 0.630 bits per heavy atom. The zero-order valence-corrected chi connectivity index (χ0v) is 39.0. The Bertz CT molecular complexity index is 3000. The molecule has 0 bridgehead atoms. The highest BCUT2D eigenvalue weighted by Gasteiger charge is 2.47. The van der Waals surface area contributed by atoms with Crippen molar-refractivity contribution in [2.75, 3.05) is 0 Å². The van der Waals surface area contributed by atoms with Gasteiger partial charge in [0.2, 0.25) is 12.3 Å². The van der Waals surface area contributed by atoms with E-state index >= 15 is 0 Å². The van der Waals surface area contributed by atoms with Gasteiger partial charge in [0.05, 0.1) is 49.9 Å². The number of pyridine rings is 1. The lowest BCUT2D eigenvalue weighted by Gasteiger charge is -2.46. The number of carbonyl (C=O) groups is 1. The molecule has 3 nitrogen and oxygen atoms in total. The summed E-state index contributed by atoms with van der Waals surface area (Å²) in [6.45, 7) is -0.250. The van der Waals surface area contributed by atoms with Crippen molar-refractivity contribution < 1.29 is 133 Å². The molecule has 434 valence electrons. The third kappa shape index (κ3) is 14.5. The summed E-state index contributed by atoms with van der Waals surface area (Å²) in [5.74, 6) is -0.701. The summed E-state index contributed by atoms with van der Waals surface area (Å²) in [4.78, 5) is 12.3. The van der Waals surface area contributed by atoms with Crippen LogP contribution >= 0.6 is 0 Å². The standard InChI is InChI=1S/C32H12BF24.C18H13F3NO2/c34-25(35,36)13-1-14(26(37,38)39)6-21(5-13)33(22-7-15(27(40,41)42)2-16(8-22)28(43,44)45,23-9-17(29(46,47)48)3-18(10-23)30(49,50)51)24-11-19(31(52,53)54)4-20(12-24)32(55,56)57;19-18(20,21)24-17-15-9-5-4-6-13(15)10-11-22(17)12-16(23)14-7-2-1-3-8-14/h1-12H;1-11H,12H2/q-1;+1. The van der Waals surface area contributed by atoms with Crippen LogP contribution < -0.4 is 31.2 Å². The molecule has 0 N–H and O–H groups in total. The highest BCUT2D eigenvalue weighted by Crippen LogP contribution is 2.42. The van der Waals surface area contributed by atoms with E-state index in [9.17, 15) is 123 Å². The molecule has 0 saturated carbocycles. The number of nitrogens with zero attached hydrogens (tertiary/aromatic N) is 1. The summed E-state index contributed by atoms with van der Waals surface area (Å²) < 4.78 is 385. The maximum Gasteiger partial charge on any atom is 0.577 e. The Hall–Kier alpha value is -7.63. The summed E-state index contributed by atoms with van der Waals surface area (Å²) in [6, 6.07) is 7.79. The summed E-state index contributed by atoms with van der Waals surface area (Å²) in [7, 11) is 0. The van der Waals surface area contributed by atoms with E-state index in [4.69, 9.17) is 0 Å². The quantitative estimate of drug-likeness (QED) is 0.0657. The normalized spacial score (nSPS) is 13.5. The SMILES string of the molecule is FC(F)(F)c1cc([B-](c2cc(C(F)(F)F)cc(C(F)(F)F)c2)(c2cc(C(F)(F)F)cc(C(F)(F)F)c2)c2cc(C(F)(F)F)cc(C(F)(F)F)c2)cc(C(F)(F)F)c1.O=C(C[n+]1ccc2ccccc2c1OC(F)(F)F)c1ccccc1. The van der Waals surface area contributed by atoms with Crippen LogP contribution in [-0.2, 0) is 56.0 Å². The van der Waals surface area contributed by atoms with E-state index < -0.39 is 207 Å². The number of rotatable bonds is 8. The molecule has 0 aliphatic heterocycles. The van der Waals surface area contributed by atoms with Crippen molar-refractivity contribution in [1.29, 1.82) is 0 Å². The Morgan fingerprint density at radius 1 is 0.358 bits per heavy atom. The van der Waals surface area contributed by atoms with Gasteiger partial charge in [-0.1, -0.05) is 97.1 Å². The Morgan fingerprint density at radius 3 is 0.901 bits per heavy atom. The fourth-order valence-corrected chi connectivity index (χ4v) is 8.52. The lowest BCUT2D eigenvalue weighted by Crippen LogP contribution is -2.75. The molecule has 7 rings (SSSR count). The predicted molar refractivity (Wildman–Crippen MR) is 232 cm³/mol. The average Bonchev–Trinajstić information content (AvgIpc) is 3.02. The number of ether oxygens (including phenoxy) is 1. The lowest BCUT2D eigenvalue weighted by molar-refractivity contribution is -0.691. The van der Waals surface area contributed by atoms with Gasteiger partial charge in [-0.3, -0.25) is 4.79 Å². The van der Waals surface area contributed by atoms with Crippen molar-refractivity contribution in [3.05, 3.63) is 190 Å². The zero-order chi connectivity index (χ0) is 61.1. The van der Waals surface area contributed by atoms with Crippen molar-refractivity contribution >= 4 is 44.6 Å². The number of ketones is 1. The van der Waals surface area contributed by atoms with Gasteiger partial charge in [-0.05, 0) is 35.7 Å². The van der Waals surface area contributed by atoms with Gasteiger partial charge >= 0.3 is 61.7 Å². The number of hydrogen-bond acceptors (Lipinski definition) is 2. The summed E-state index contributed by atoms with van der Waals surface area (Å²) >= 11 is 0. The minimum absolute atomic E-state index is 0.250. The Balaban J connectivity index is 0.000000363. The molecular weight excluding hydrogens is 1170 g/mol. The molecular formula is C50H25BF27NO2. The molecule has 0 aliphatic carbocycles. The Kier molecular flexibility index (Phi) is 16.5. The summed E-state index contributed by atoms with van der Waals surface area (Å²) in [5, 5.41) is 0.887. The van der Waals surface area contributed by atoms with Crippen LogP contribution in [0.5, 0.6) is 5.88 Å². The van der Waals surface area contributed by atoms with Gasteiger partial charge in [-0.25, -0.2) is 0 Å². The molecule has 0 aliphatic rings. The van der Waals surface area contributed by atoms with Gasteiger partial charge < -0.3 is 4.74 Å². The number of benzene rings is 6. The minimum Gasteiger partial charge on any atom is -0.350 e. The van der Waals surface area contributed by atoms with Crippen molar-refractivity contribution in [3.63, 3.8) is 0 Å². The zero-order valence-electron chi connectivity index (χ0n) is 39.0. The number of fused-ring (bicyclic) bond motifs is 1. The van der Waals surface area contributed by atoms with Crippen molar-refractivity contribution in [3.8, 4) is 5.88 Å². The van der Waals surface area contributed by atoms with Crippen LogP contribution in [0.2, 0.25) is 0 Å². The van der Waals surface area contributed by atoms with Gasteiger partial charge in [0, 0.05) is 11.6 Å². The van der Waals surface area contributed by atoms with Crippen LogP contribution in [0.1, 0.15) is 54.9 Å². The van der Waals surface area contributed by atoms with Crippen molar-refractivity contribution in [2.24, 2.45) is 0 Å². The first-order chi connectivity index (χ1) is 36.7. The monoisotopic (exact) mass is 1200 g/mol. The number of aromatic nitrogens is 1. The first-order valence-electron chi connectivity index (χ1n) is 21.8. The van der Waals surface area contributed by atoms with Crippen LogP contribution in [0.4, 0.5) is 119 Å². The molecule has 0 fully saturated rings. The highest BCUT2D eigenvalue weighted by molar-refractivity contribution is 7.20. The molecule has 6 aromatic carbocycles. The second-order valence-corrected chi connectivity index (χ2v) is 17.4. The number of hydrogen-bond donors (Lipinski definition) is 0. The molecule has 81 heavy (non-hydrogen) atoms. The van der Waals surface area contributed by atoms with E-state index in [1.807, 2.05) is 0 Å².